The summed E-state index contributed by atoms with van der Waals surface area (Å²) in [5.41, 5.74) is 1.47. The second-order valence-corrected chi connectivity index (χ2v) is 4.71. The smallest absolute Gasteiger partial charge is 0.411 e. The molecule has 0 bridgehead atoms. The number of carbonyl (C=O) groups is 2. The van der Waals surface area contributed by atoms with E-state index in [1.807, 2.05) is 19.9 Å². The highest BCUT2D eigenvalue weighted by Crippen LogP contribution is 2.12. The van der Waals surface area contributed by atoms with E-state index in [2.05, 4.69) is 5.32 Å². The van der Waals surface area contributed by atoms with Gasteiger partial charge in [0.05, 0.1) is 6.61 Å². The van der Waals surface area contributed by atoms with Crippen LogP contribution in [0.5, 0.6) is 0 Å². The summed E-state index contributed by atoms with van der Waals surface area (Å²) in [6.45, 7) is 4.28. The van der Waals surface area contributed by atoms with Crippen molar-refractivity contribution in [3.63, 3.8) is 0 Å². The molecule has 2 N–H and O–H groups in total. The average Bonchev–Trinajstić information content (AvgIpc) is 2.34. The zero-order chi connectivity index (χ0) is 14.3. The normalized spacial score (nSPS) is 10.3. The first-order chi connectivity index (χ1) is 8.97. The minimum Gasteiger partial charge on any atom is -0.481 e. The van der Waals surface area contributed by atoms with E-state index >= 15 is 0 Å². The molecule has 1 rings (SSSR count). The lowest BCUT2D eigenvalue weighted by molar-refractivity contribution is -0.136. The third kappa shape index (κ3) is 6.45. The number of benzene rings is 1. The minimum atomic E-state index is -0.838. The maximum atomic E-state index is 11.5. The molecule has 1 aromatic carbocycles. The second-order valence-electron chi connectivity index (χ2n) is 4.71. The van der Waals surface area contributed by atoms with Crippen LogP contribution in [-0.4, -0.2) is 23.8 Å². The number of hydrogen-bond acceptors (Lipinski definition) is 3. The molecule has 0 heterocycles. The molecule has 5 heteroatoms. The number of carbonyl (C=O) groups excluding carboxylic acids is 1. The molecule has 104 valence electrons. The molecule has 0 unspecified atom stereocenters. The summed E-state index contributed by atoms with van der Waals surface area (Å²) in [6, 6.07) is 7.09. The van der Waals surface area contributed by atoms with Gasteiger partial charge in [0.2, 0.25) is 0 Å². The standard InChI is InChI=1S/C14H19NO4/c1-10(2)9-19-14(18)15-12-5-3-4-11(8-12)6-7-13(16)17/h3-5,8,10H,6-7,9H2,1-2H3,(H,15,18)(H,16,17). The van der Waals surface area contributed by atoms with Crippen LogP contribution in [0, 0.1) is 5.92 Å². The van der Waals surface area contributed by atoms with Crippen molar-refractivity contribution in [1.82, 2.24) is 0 Å². The Hall–Kier alpha value is -2.04. The van der Waals surface area contributed by atoms with Crippen LogP contribution >= 0.6 is 0 Å². The first-order valence-corrected chi connectivity index (χ1v) is 6.22. The van der Waals surface area contributed by atoms with Crippen LogP contribution in [0.1, 0.15) is 25.8 Å². The SMILES string of the molecule is CC(C)COC(=O)Nc1cccc(CCC(=O)O)c1. The van der Waals surface area contributed by atoms with Crippen molar-refractivity contribution in [2.24, 2.45) is 5.92 Å². The van der Waals surface area contributed by atoms with E-state index in [1.54, 1.807) is 18.2 Å². The fourth-order valence-electron chi connectivity index (χ4n) is 1.45. The molecule has 0 aromatic heterocycles. The van der Waals surface area contributed by atoms with Gasteiger partial charge in [0.1, 0.15) is 0 Å². The van der Waals surface area contributed by atoms with Gasteiger partial charge in [-0.15, -0.1) is 0 Å². The van der Waals surface area contributed by atoms with Gasteiger partial charge < -0.3 is 9.84 Å². The van der Waals surface area contributed by atoms with Crippen LogP contribution in [0.15, 0.2) is 24.3 Å². The van der Waals surface area contributed by atoms with E-state index in [1.165, 1.54) is 0 Å². The molecule has 0 aliphatic heterocycles. The highest BCUT2D eigenvalue weighted by atomic mass is 16.5. The lowest BCUT2D eigenvalue weighted by Gasteiger charge is -2.09. The van der Waals surface area contributed by atoms with Gasteiger partial charge in [0.15, 0.2) is 0 Å². The van der Waals surface area contributed by atoms with Crippen molar-refractivity contribution in [2.45, 2.75) is 26.7 Å². The van der Waals surface area contributed by atoms with E-state index in [-0.39, 0.29) is 12.3 Å². The molecule has 0 aliphatic rings. The minimum absolute atomic E-state index is 0.0707. The van der Waals surface area contributed by atoms with E-state index in [4.69, 9.17) is 9.84 Å². The number of hydrogen-bond donors (Lipinski definition) is 2. The molecule has 5 nitrogen and oxygen atoms in total. The Kier molecular flexibility index (Phi) is 5.85. The Labute approximate surface area is 112 Å². The van der Waals surface area contributed by atoms with Crippen molar-refractivity contribution in [1.29, 1.82) is 0 Å². The quantitative estimate of drug-likeness (QED) is 0.829. The topological polar surface area (TPSA) is 75.6 Å². The van der Waals surface area contributed by atoms with Crippen molar-refractivity contribution in [2.75, 3.05) is 11.9 Å². The van der Waals surface area contributed by atoms with E-state index in [9.17, 15) is 9.59 Å². The molecular formula is C14H19NO4. The summed E-state index contributed by atoms with van der Waals surface area (Å²) in [4.78, 5) is 22.0. The summed E-state index contributed by atoms with van der Waals surface area (Å²) in [6.07, 6.45) is 0.0109. The van der Waals surface area contributed by atoms with Gasteiger partial charge in [0.25, 0.3) is 0 Å². The Bertz CT molecular complexity index is 443. The van der Waals surface area contributed by atoms with E-state index in [0.29, 0.717) is 18.7 Å². The van der Waals surface area contributed by atoms with Crippen LogP contribution in [0.2, 0.25) is 0 Å². The van der Waals surface area contributed by atoms with Crippen LogP contribution in [0.25, 0.3) is 0 Å². The molecule has 0 atom stereocenters. The predicted molar refractivity (Wildman–Crippen MR) is 72.2 cm³/mol. The van der Waals surface area contributed by atoms with Gasteiger partial charge in [0, 0.05) is 12.1 Å². The number of amides is 1. The summed E-state index contributed by atoms with van der Waals surface area (Å²) < 4.78 is 5.00. The molecular weight excluding hydrogens is 246 g/mol. The van der Waals surface area contributed by atoms with Gasteiger partial charge in [-0.05, 0) is 30.0 Å². The van der Waals surface area contributed by atoms with Gasteiger partial charge in [-0.2, -0.15) is 0 Å². The number of carboxylic acid groups (broad SMARTS) is 1. The number of ether oxygens (including phenoxy) is 1. The zero-order valence-electron chi connectivity index (χ0n) is 11.2. The largest absolute Gasteiger partial charge is 0.481 e. The number of aryl methyl sites for hydroxylation is 1. The Morgan fingerprint density at radius 2 is 2.11 bits per heavy atom. The molecule has 0 spiro atoms. The fourth-order valence-corrected chi connectivity index (χ4v) is 1.45. The van der Waals surface area contributed by atoms with Crippen LogP contribution in [0.3, 0.4) is 0 Å². The summed E-state index contributed by atoms with van der Waals surface area (Å²) in [7, 11) is 0. The summed E-state index contributed by atoms with van der Waals surface area (Å²) in [5.74, 6) is -0.553. The monoisotopic (exact) mass is 265 g/mol. The lowest BCUT2D eigenvalue weighted by Crippen LogP contribution is -2.16. The highest BCUT2D eigenvalue weighted by molar-refractivity contribution is 5.84. The van der Waals surface area contributed by atoms with Gasteiger partial charge in [-0.25, -0.2) is 4.79 Å². The molecule has 0 aliphatic carbocycles. The van der Waals surface area contributed by atoms with Crippen LogP contribution in [-0.2, 0) is 16.0 Å². The molecule has 1 aromatic rings. The molecule has 0 radical (unpaired) electrons. The number of aliphatic carboxylic acids is 1. The Balaban J connectivity index is 2.51. The summed E-state index contributed by atoms with van der Waals surface area (Å²) in [5, 5.41) is 11.2. The lowest BCUT2D eigenvalue weighted by atomic mass is 10.1. The maximum Gasteiger partial charge on any atom is 0.411 e. The highest BCUT2D eigenvalue weighted by Gasteiger charge is 2.05. The Morgan fingerprint density at radius 3 is 2.74 bits per heavy atom. The van der Waals surface area contributed by atoms with Crippen molar-refractivity contribution in [3.8, 4) is 0 Å². The summed E-state index contributed by atoms with van der Waals surface area (Å²) >= 11 is 0. The first kappa shape index (κ1) is 15.0. The van der Waals surface area contributed by atoms with Gasteiger partial charge >= 0.3 is 12.1 Å². The molecule has 19 heavy (non-hydrogen) atoms. The van der Waals surface area contributed by atoms with Gasteiger partial charge in [-0.1, -0.05) is 26.0 Å². The predicted octanol–water partition coefficient (Wildman–Crippen LogP) is 2.91. The number of anilines is 1. The second kappa shape index (κ2) is 7.41. The Morgan fingerprint density at radius 1 is 1.37 bits per heavy atom. The fraction of sp³-hybridized carbons (Fsp3) is 0.429. The van der Waals surface area contributed by atoms with Crippen LogP contribution < -0.4 is 5.32 Å². The maximum absolute atomic E-state index is 11.5. The molecule has 0 saturated heterocycles. The zero-order valence-corrected chi connectivity index (χ0v) is 11.2. The van der Waals surface area contributed by atoms with Crippen molar-refractivity contribution < 1.29 is 19.4 Å². The first-order valence-electron chi connectivity index (χ1n) is 6.22. The third-order valence-electron chi connectivity index (χ3n) is 2.35. The average molecular weight is 265 g/mol. The molecule has 0 fully saturated rings. The van der Waals surface area contributed by atoms with Crippen molar-refractivity contribution >= 4 is 17.7 Å². The van der Waals surface area contributed by atoms with E-state index < -0.39 is 12.1 Å². The van der Waals surface area contributed by atoms with Crippen LogP contribution in [0.4, 0.5) is 10.5 Å². The number of carboxylic acids is 1. The van der Waals surface area contributed by atoms with Crippen molar-refractivity contribution in [3.05, 3.63) is 29.8 Å². The number of rotatable bonds is 6. The van der Waals surface area contributed by atoms with Gasteiger partial charge in [-0.3, -0.25) is 10.1 Å². The molecule has 0 saturated carbocycles. The number of nitrogens with one attached hydrogen (secondary N) is 1. The third-order valence-corrected chi connectivity index (χ3v) is 2.35. The molecule has 1 amide bonds. The van der Waals surface area contributed by atoms with E-state index in [0.717, 1.165) is 5.56 Å².